The predicted molar refractivity (Wildman–Crippen MR) is 160 cm³/mol. The van der Waals surface area contributed by atoms with E-state index in [4.69, 9.17) is 18.9 Å². The fraction of sp³-hybridized carbons (Fsp3) is 0.889. The van der Waals surface area contributed by atoms with E-state index in [1.54, 1.807) is 20.8 Å². The molecule has 0 aromatic heterocycles. The molecule has 1 saturated heterocycles. The topological polar surface area (TPSA) is 159 Å². The van der Waals surface area contributed by atoms with Gasteiger partial charge in [0.25, 0.3) is 0 Å². The van der Waals surface area contributed by atoms with Gasteiger partial charge >= 0.3 is 17.9 Å². The van der Waals surface area contributed by atoms with Gasteiger partial charge in [0.15, 0.2) is 0 Å². The van der Waals surface area contributed by atoms with Crippen LogP contribution < -0.4 is 0 Å². The first-order valence-corrected chi connectivity index (χ1v) is 16.7. The van der Waals surface area contributed by atoms with Crippen molar-refractivity contribution in [1.29, 1.82) is 0 Å². The van der Waals surface area contributed by atoms with E-state index in [0.29, 0.717) is 52.4 Å². The molecule has 0 aromatic carbocycles. The summed E-state index contributed by atoms with van der Waals surface area (Å²) >= 11 is 0. The van der Waals surface area contributed by atoms with Gasteiger partial charge in [-0.3, -0.25) is 34.0 Å². The minimum atomic E-state index is -3.56. The van der Waals surface area contributed by atoms with Gasteiger partial charge in [-0.05, 0) is 20.8 Å². The Morgan fingerprint density at radius 2 is 1.07 bits per heavy atom. The van der Waals surface area contributed by atoms with Crippen LogP contribution in [0.4, 0.5) is 0 Å². The maximum Gasteiger partial charge on any atom is 0.320 e. The van der Waals surface area contributed by atoms with Gasteiger partial charge in [-0.1, -0.05) is 0 Å². The van der Waals surface area contributed by atoms with Crippen molar-refractivity contribution in [3.8, 4) is 0 Å². The predicted octanol–water partition coefficient (Wildman–Crippen LogP) is -1.83. The summed E-state index contributed by atoms with van der Waals surface area (Å²) in [6.45, 7) is 10.3. The van der Waals surface area contributed by atoms with Crippen molar-refractivity contribution >= 4 is 27.9 Å². The summed E-state index contributed by atoms with van der Waals surface area (Å²) in [5.74, 6) is -1.07. The van der Waals surface area contributed by atoms with E-state index in [2.05, 4.69) is 0 Å². The van der Waals surface area contributed by atoms with Crippen LogP contribution in [0.5, 0.6) is 0 Å². The lowest BCUT2D eigenvalue weighted by Crippen LogP contribution is -2.50. The average molecular weight is 640 g/mol. The Hall–Kier alpha value is -1.92. The molecule has 1 N–H and O–H groups in total. The van der Waals surface area contributed by atoms with Crippen LogP contribution in [0.1, 0.15) is 20.8 Å². The van der Waals surface area contributed by atoms with Crippen molar-refractivity contribution in [3.05, 3.63) is 0 Å². The molecular weight excluding hydrogens is 586 g/mol. The third-order valence-corrected chi connectivity index (χ3v) is 8.07. The molecule has 0 bridgehead atoms. The van der Waals surface area contributed by atoms with Crippen molar-refractivity contribution in [2.45, 2.75) is 26.9 Å². The van der Waals surface area contributed by atoms with E-state index >= 15 is 0 Å². The molecule has 1 aliphatic rings. The van der Waals surface area contributed by atoms with Crippen LogP contribution in [0.2, 0.25) is 0 Å². The smallest absolute Gasteiger partial charge is 0.320 e. The third kappa shape index (κ3) is 17.8. The maximum absolute atomic E-state index is 12.4. The maximum atomic E-state index is 12.4. The lowest BCUT2D eigenvalue weighted by Gasteiger charge is -2.34. The fourth-order valence-electron chi connectivity index (χ4n) is 4.58. The molecule has 1 fully saturated rings. The lowest BCUT2D eigenvalue weighted by molar-refractivity contribution is -0.146. The average Bonchev–Trinajstić information content (AvgIpc) is 2.92. The fourth-order valence-corrected chi connectivity index (χ4v) is 5.43. The SMILES string of the molecule is CCOC(=O)CN1CCN(CC(=O)OCC)CCN(CC(O)CN(CCOC)S(C)(=O)=O)CCN(CC(=O)OCC)CC1. The molecular formula is C27H53N5O10S. The number of rotatable bonds is 17. The Morgan fingerprint density at radius 1 is 0.721 bits per heavy atom. The summed E-state index contributed by atoms with van der Waals surface area (Å²) in [4.78, 5) is 44.8. The van der Waals surface area contributed by atoms with Gasteiger partial charge in [0, 0.05) is 79.1 Å². The summed E-state index contributed by atoms with van der Waals surface area (Å²) in [5, 5.41) is 10.9. The van der Waals surface area contributed by atoms with Crippen molar-refractivity contribution in [1.82, 2.24) is 23.9 Å². The first kappa shape index (κ1) is 39.1. The summed E-state index contributed by atoms with van der Waals surface area (Å²) in [6, 6.07) is 0. The molecule has 0 aromatic rings. The zero-order valence-corrected chi connectivity index (χ0v) is 27.4. The number of aliphatic hydroxyl groups is 1. The van der Waals surface area contributed by atoms with Gasteiger partial charge in [-0.25, -0.2) is 8.42 Å². The summed E-state index contributed by atoms with van der Waals surface area (Å²) in [7, 11) is -2.08. The second-order valence-electron chi connectivity index (χ2n) is 10.3. The highest BCUT2D eigenvalue weighted by atomic mass is 32.2. The number of ether oxygens (including phenoxy) is 4. The largest absolute Gasteiger partial charge is 0.465 e. The number of aliphatic hydroxyl groups excluding tert-OH is 1. The van der Waals surface area contributed by atoms with Crippen LogP contribution in [-0.4, -0.2) is 193 Å². The molecule has 252 valence electrons. The molecule has 0 spiro atoms. The van der Waals surface area contributed by atoms with E-state index < -0.39 is 16.1 Å². The van der Waals surface area contributed by atoms with Gasteiger partial charge in [0.05, 0.1) is 58.4 Å². The first-order chi connectivity index (χ1) is 20.4. The first-order valence-electron chi connectivity index (χ1n) is 14.9. The Bertz CT molecular complexity index is 890. The number of esters is 3. The highest BCUT2D eigenvalue weighted by Crippen LogP contribution is 2.06. The standard InChI is InChI=1S/C27H53N5O10S/c1-6-40-25(34)21-29-11-9-28(19-24(33)20-32(17-18-39-4)43(5,37)38)10-12-30(22-26(35)41-7-2)14-16-31(15-13-29)23-27(36)42-8-3/h24,33H,6-23H2,1-5H3. The molecule has 1 aliphatic heterocycles. The molecule has 43 heavy (non-hydrogen) atoms. The monoisotopic (exact) mass is 639 g/mol. The van der Waals surface area contributed by atoms with E-state index in [1.807, 2.05) is 19.6 Å². The second kappa shape index (κ2) is 21.7. The quantitative estimate of drug-likeness (QED) is 0.140. The summed E-state index contributed by atoms with van der Waals surface area (Å²) in [5.41, 5.74) is 0. The van der Waals surface area contributed by atoms with Crippen LogP contribution in [0.15, 0.2) is 0 Å². The number of methoxy groups -OCH3 is 1. The Morgan fingerprint density at radius 3 is 1.37 bits per heavy atom. The van der Waals surface area contributed by atoms with Crippen LogP contribution in [-0.2, 0) is 43.4 Å². The van der Waals surface area contributed by atoms with Gasteiger partial charge in [0.2, 0.25) is 10.0 Å². The number of carbonyl (C=O) groups is 3. The number of carbonyl (C=O) groups excluding carboxylic acids is 3. The van der Waals surface area contributed by atoms with Gasteiger partial charge < -0.3 is 24.1 Å². The van der Waals surface area contributed by atoms with Crippen molar-refractivity contribution in [3.63, 3.8) is 0 Å². The van der Waals surface area contributed by atoms with Crippen LogP contribution in [0.25, 0.3) is 0 Å². The Labute approximate surface area is 257 Å². The number of nitrogens with zero attached hydrogens (tertiary/aromatic N) is 5. The molecule has 0 saturated carbocycles. The van der Waals surface area contributed by atoms with Crippen LogP contribution >= 0.6 is 0 Å². The van der Waals surface area contributed by atoms with Crippen molar-refractivity contribution in [2.75, 3.05) is 131 Å². The molecule has 16 heteroatoms. The molecule has 0 aliphatic carbocycles. The molecule has 1 rings (SSSR count). The van der Waals surface area contributed by atoms with Gasteiger partial charge in [0.1, 0.15) is 0 Å². The van der Waals surface area contributed by atoms with Crippen molar-refractivity contribution in [2.24, 2.45) is 0 Å². The molecule has 0 radical (unpaired) electrons. The molecule has 1 atom stereocenters. The lowest BCUT2D eigenvalue weighted by atomic mass is 10.2. The number of hydrogen-bond donors (Lipinski definition) is 1. The van der Waals surface area contributed by atoms with E-state index in [-0.39, 0.29) is 83.6 Å². The summed E-state index contributed by atoms with van der Waals surface area (Å²) in [6.07, 6.45) is 0.105. The summed E-state index contributed by atoms with van der Waals surface area (Å²) < 4.78 is 46.2. The van der Waals surface area contributed by atoms with Crippen LogP contribution in [0, 0.1) is 0 Å². The highest BCUT2D eigenvalue weighted by Gasteiger charge is 2.25. The molecule has 1 heterocycles. The molecule has 15 nitrogen and oxygen atoms in total. The van der Waals surface area contributed by atoms with E-state index in [0.717, 1.165) is 6.26 Å². The Balaban J connectivity index is 3.15. The highest BCUT2D eigenvalue weighted by molar-refractivity contribution is 7.88. The normalized spacial score (nSPS) is 18.0. The number of hydrogen-bond acceptors (Lipinski definition) is 14. The zero-order valence-electron chi connectivity index (χ0n) is 26.6. The number of sulfonamides is 1. The van der Waals surface area contributed by atoms with Gasteiger partial charge in [-0.15, -0.1) is 0 Å². The zero-order chi connectivity index (χ0) is 32.3. The number of β-amino-alcohol motifs (C(OH)–C–C–N with tert-alkyl or cyclic N) is 1. The second-order valence-corrected chi connectivity index (χ2v) is 12.3. The minimum absolute atomic E-state index is 0.0609. The van der Waals surface area contributed by atoms with E-state index in [9.17, 15) is 27.9 Å². The van der Waals surface area contributed by atoms with Crippen LogP contribution in [0.3, 0.4) is 0 Å². The van der Waals surface area contributed by atoms with Crippen molar-refractivity contribution < 1.29 is 46.9 Å². The molecule has 1 unspecified atom stereocenters. The Kier molecular flexibility index (Phi) is 19.8. The van der Waals surface area contributed by atoms with Gasteiger partial charge in [-0.2, -0.15) is 4.31 Å². The molecule has 0 amide bonds. The third-order valence-electron chi connectivity index (χ3n) is 6.80. The van der Waals surface area contributed by atoms with E-state index in [1.165, 1.54) is 11.4 Å². The minimum Gasteiger partial charge on any atom is -0.465 e.